The van der Waals surface area contributed by atoms with Gasteiger partial charge in [0.25, 0.3) is 0 Å². The van der Waals surface area contributed by atoms with Crippen LogP contribution in [0.25, 0.3) is 0 Å². The van der Waals surface area contributed by atoms with Crippen LogP contribution in [0.1, 0.15) is 6.42 Å². The number of carbonyl (C=O) groups excluding carboxylic acids is 1. The van der Waals surface area contributed by atoms with E-state index in [9.17, 15) is 9.90 Å². The van der Waals surface area contributed by atoms with Crippen LogP contribution in [-0.2, 0) is 4.79 Å². The third-order valence-electron chi connectivity index (χ3n) is 1.57. The van der Waals surface area contributed by atoms with Crippen LogP contribution in [0.3, 0.4) is 0 Å². The zero-order valence-corrected chi connectivity index (χ0v) is 7.67. The largest absolute Gasteiger partial charge is 0.549 e. The Morgan fingerprint density at radius 1 is 1.58 bits per heavy atom. The minimum atomic E-state index is -1.09. The molecule has 0 aromatic carbocycles. The van der Waals surface area contributed by atoms with Crippen molar-refractivity contribution in [1.82, 2.24) is 5.43 Å². The number of carboxylic acids is 1. The first-order valence-corrected chi connectivity index (χ1v) is 3.96. The highest BCUT2D eigenvalue weighted by atomic mass is 16.4. The summed E-state index contributed by atoms with van der Waals surface area (Å²) < 4.78 is 0.450. The summed E-state index contributed by atoms with van der Waals surface area (Å²) in [5.74, 6) is -1.09. The molecule has 0 aromatic rings. The number of quaternary nitrogens is 1. The normalized spacial score (nSPS) is 11.6. The molecule has 0 saturated heterocycles. The Labute approximate surface area is 72.7 Å². The highest BCUT2D eigenvalue weighted by Gasteiger charge is 2.12. The van der Waals surface area contributed by atoms with E-state index in [-0.39, 0.29) is 6.54 Å². The van der Waals surface area contributed by atoms with Crippen LogP contribution in [-0.4, -0.2) is 44.3 Å². The number of rotatable bonds is 6. The summed E-state index contributed by atoms with van der Waals surface area (Å²) in [5, 5.41) is 10.1. The second kappa shape index (κ2) is 5.08. The Morgan fingerprint density at radius 2 is 2.17 bits per heavy atom. The molecule has 0 rings (SSSR count). The van der Waals surface area contributed by atoms with Crippen LogP contribution < -0.4 is 16.3 Å². The summed E-state index contributed by atoms with van der Waals surface area (Å²) in [6.45, 7) is 1.30. The van der Waals surface area contributed by atoms with Crippen molar-refractivity contribution >= 4 is 5.97 Å². The van der Waals surface area contributed by atoms with Crippen molar-refractivity contribution in [2.24, 2.45) is 5.73 Å². The number of nitrogens with two attached hydrogens (primary N) is 1. The predicted molar refractivity (Wildman–Crippen MR) is 43.7 cm³/mol. The van der Waals surface area contributed by atoms with Crippen molar-refractivity contribution in [3.05, 3.63) is 0 Å². The number of nitrogens with one attached hydrogen (secondary N) is 1. The molecule has 0 fully saturated rings. The van der Waals surface area contributed by atoms with Crippen molar-refractivity contribution in [2.45, 2.75) is 6.42 Å². The minimum absolute atomic E-state index is 0.127. The Hall–Kier alpha value is -0.650. The summed E-state index contributed by atoms with van der Waals surface area (Å²) in [5.41, 5.74) is 8.14. The van der Waals surface area contributed by atoms with Gasteiger partial charge in [0.15, 0.2) is 0 Å². The first kappa shape index (κ1) is 11.4. The molecule has 5 nitrogen and oxygen atoms in total. The van der Waals surface area contributed by atoms with Gasteiger partial charge in [0.2, 0.25) is 0 Å². The Kier molecular flexibility index (Phi) is 4.80. The molecule has 0 radical (unpaired) electrons. The third kappa shape index (κ3) is 6.09. The zero-order valence-electron chi connectivity index (χ0n) is 7.67. The van der Waals surface area contributed by atoms with Crippen molar-refractivity contribution in [1.29, 1.82) is 0 Å². The van der Waals surface area contributed by atoms with Crippen molar-refractivity contribution in [2.75, 3.05) is 33.7 Å². The van der Waals surface area contributed by atoms with E-state index in [1.807, 2.05) is 14.1 Å². The lowest BCUT2D eigenvalue weighted by Gasteiger charge is -2.29. The summed E-state index contributed by atoms with van der Waals surface area (Å²) in [6, 6.07) is 0. The second-order valence-electron chi connectivity index (χ2n) is 3.26. The average molecular weight is 175 g/mol. The molecule has 0 atom stereocenters. The van der Waals surface area contributed by atoms with Gasteiger partial charge in [-0.3, -0.25) is 4.59 Å². The fourth-order valence-electron chi connectivity index (χ4n) is 0.844. The highest BCUT2D eigenvalue weighted by Crippen LogP contribution is 1.91. The molecule has 5 heteroatoms. The summed E-state index contributed by atoms with van der Waals surface area (Å²) >= 11 is 0. The van der Waals surface area contributed by atoms with Crippen molar-refractivity contribution < 1.29 is 14.5 Å². The van der Waals surface area contributed by atoms with E-state index in [1.54, 1.807) is 0 Å². The van der Waals surface area contributed by atoms with Gasteiger partial charge >= 0.3 is 0 Å². The van der Waals surface area contributed by atoms with E-state index in [2.05, 4.69) is 5.43 Å². The summed E-state index contributed by atoms with van der Waals surface area (Å²) in [6.07, 6.45) is 0.868. The van der Waals surface area contributed by atoms with Gasteiger partial charge in [-0.1, -0.05) is 0 Å². The lowest BCUT2D eigenvalue weighted by molar-refractivity contribution is -0.933. The molecule has 0 aliphatic carbocycles. The van der Waals surface area contributed by atoms with Gasteiger partial charge in [-0.05, 0) is 6.54 Å². The molecule has 0 heterocycles. The molecule has 0 aromatic heterocycles. The average Bonchev–Trinajstić information content (AvgIpc) is 1.98. The van der Waals surface area contributed by atoms with E-state index in [0.29, 0.717) is 11.1 Å². The van der Waals surface area contributed by atoms with Gasteiger partial charge in [-0.25, -0.2) is 0 Å². The molecular formula is C7H17N3O2. The van der Waals surface area contributed by atoms with Crippen LogP contribution in [0.5, 0.6) is 0 Å². The topological polar surface area (TPSA) is 78.2 Å². The van der Waals surface area contributed by atoms with Gasteiger partial charge < -0.3 is 15.6 Å². The SMILES string of the molecule is C[N+](C)(CCCN)NCC(=O)[O-]. The lowest BCUT2D eigenvalue weighted by Crippen LogP contribution is -2.55. The van der Waals surface area contributed by atoms with Gasteiger partial charge in [-0.2, -0.15) is 5.43 Å². The molecule has 0 unspecified atom stereocenters. The molecule has 0 spiro atoms. The lowest BCUT2D eigenvalue weighted by atomic mass is 10.4. The fourth-order valence-corrected chi connectivity index (χ4v) is 0.844. The molecule has 12 heavy (non-hydrogen) atoms. The van der Waals surface area contributed by atoms with Crippen LogP contribution in [0.4, 0.5) is 0 Å². The molecule has 0 aliphatic heterocycles. The van der Waals surface area contributed by atoms with Crippen LogP contribution >= 0.6 is 0 Å². The van der Waals surface area contributed by atoms with E-state index in [0.717, 1.165) is 13.0 Å². The first-order chi connectivity index (χ1) is 5.48. The van der Waals surface area contributed by atoms with Gasteiger partial charge in [0.1, 0.15) is 0 Å². The smallest absolute Gasteiger partial charge is 0.0970 e. The molecule has 0 amide bonds. The first-order valence-electron chi connectivity index (χ1n) is 3.96. The maximum Gasteiger partial charge on any atom is 0.0970 e. The number of carbonyl (C=O) groups is 1. The molecule has 3 N–H and O–H groups in total. The maximum atomic E-state index is 10.1. The third-order valence-corrected chi connectivity index (χ3v) is 1.57. The second-order valence-corrected chi connectivity index (χ2v) is 3.26. The molecule has 0 saturated carbocycles. The van der Waals surface area contributed by atoms with E-state index in [1.165, 1.54) is 0 Å². The van der Waals surface area contributed by atoms with Crippen LogP contribution in [0.2, 0.25) is 0 Å². The van der Waals surface area contributed by atoms with Crippen molar-refractivity contribution in [3.63, 3.8) is 0 Å². The zero-order chi connectivity index (χ0) is 9.61. The summed E-state index contributed by atoms with van der Waals surface area (Å²) in [4.78, 5) is 10.1. The van der Waals surface area contributed by atoms with E-state index >= 15 is 0 Å². The highest BCUT2D eigenvalue weighted by molar-refractivity contribution is 5.66. The summed E-state index contributed by atoms with van der Waals surface area (Å²) in [7, 11) is 3.78. The van der Waals surface area contributed by atoms with Gasteiger partial charge in [0, 0.05) is 6.42 Å². The van der Waals surface area contributed by atoms with Crippen LogP contribution in [0, 0.1) is 0 Å². The van der Waals surface area contributed by atoms with Gasteiger partial charge in [-0.15, -0.1) is 0 Å². The van der Waals surface area contributed by atoms with E-state index in [4.69, 9.17) is 5.73 Å². The fraction of sp³-hybridized carbons (Fsp3) is 0.857. The number of aliphatic carboxylic acids is 1. The van der Waals surface area contributed by atoms with Gasteiger partial charge in [0.05, 0.1) is 33.2 Å². The van der Waals surface area contributed by atoms with E-state index < -0.39 is 5.97 Å². The minimum Gasteiger partial charge on any atom is -0.549 e. The Bertz CT molecular complexity index is 148. The number of nitrogens with zero attached hydrogens (tertiary/aromatic N) is 1. The van der Waals surface area contributed by atoms with Crippen molar-refractivity contribution in [3.8, 4) is 0 Å². The quantitative estimate of drug-likeness (QED) is 0.350. The predicted octanol–water partition coefficient (Wildman–Crippen LogP) is -2.33. The monoisotopic (exact) mass is 175 g/mol. The molecule has 72 valence electrons. The Morgan fingerprint density at radius 3 is 2.58 bits per heavy atom. The molecule has 0 bridgehead atoms. The molecule has 0 aliphatic rings. The maximum absolute atomic E-state index is 10.1. The Balaban J connectivity index is 3.63. The standard InChI is InChI=1S/C7H17N3O2/c1-10(2,5-3-4-8)9-6-7(11)12/h9H,3-6,8H2,1-2H3. The number of hydrogen-bond donors (Lipinski definition) is 2. The van der Waals surface area contributed by atoms with Crippen LogP contribution in [0.15, 0.2) is 0 Å². The number of hydrogen-bond acceptors (Lipinski definition) is 4. The number of carboxylic acid groups (broad SMARTS) is 1. The molecular weight excluding hydrogens is 158 g/mol.